The molecule has 118 valence electrons. The van der Waals surface area contributed by atoms with Gasteiger partial charge in [-0.25, -0.2) is 0 Å². The van der Waals surface area contributed by atoms with Gasteiger partial charge in [0.15, 0.2) is 0 Å². The molecule has 0 aliphatic rings. The van der Waals surface area contributed by atoms with Gasteiger partial charge in [0.2, 0.25) is 8.32 Å². The van der Waals surface area contributed by atoms with Gasteiger partial charge in [-0.2, -0.15) is 0 Å². The van der Waals surface area contributed by atoms with Crippen molar-refractivity contribution in [2.75, 3.05) is 7.11 Å². The minimum Gasteiger partial charge on any atom is -0.543 e. The van der Waals surface area contributed by atoms with Gasteiger partial charge in [0.1, 0.15) is 11.5 Å². The summed E-state index contributed by atoms with van der Waals surface area (Å²) in [6, 6.07) is 16.5. The van der Waals surface area contributed by atoms with Gasteiger partial charge in [-0.05, 0) is 53.5 Å². The Morgan fingerprint density at radius 2 is 1.45 bits per heavy atom. The van der Waals surface area contributed by atoms with Crippen LogP contribution in [0.2, 0.25) is 18.1 Å². The molecule has 0 N–H and O–H groups in total. The maximum Gasteiger partial charge on any atom is 0.250 e. The fourth-order valence-electron chi connectivity index (χ4n) is 1.97. The van der Waals surface area contributed by atoms with Gasteiger partial charge in [-0.3, -0.25) is 0 Å². The monoisotopic (exact) mass is 314 g/mol. The third kappa shape index (κ3) is 3.71. The van der Waals surface area contributed by atoms with Crippen molar-refractivity contribution in [1.82, 2.24) is 0 Å². The number of methoxy groups -OCH3 is 1. The molecule has 0 saturated carbocycles. The fourth-order valence-corrected chi connectivity index (χ4v) is 2.99. The highest BCUT2D eigenvalue weighted by molar-refractivity contribution is 6.74. The second kappa shape index (κ2) is 6.17. The van der Waals surface area contributed by atoms with E-state index in [0.717, 1.165) is 11.5 Å². The normalized spacial score (nSPS) is 12.1. The Kier molecular flexibility index (Phi) is 4.66. The molecule has 0 aliphatic carbocycles. The summed E-state index contributed by atoms with van der Waals surface area (Å²) in [5.41, 5.74) is 2.33. The van der Waals surface area contributed by atoms with E-state index in [1.807, 2.05) is 18.2 Å². The van der Waals surface area contributed by atoms with Crippen molar-refractivity contribution in [3.8, 4) is 22.6 Å². The Bertz CT molecular complexity index is 625. The summed E-state index contributed by atoms with van der Waals surface area (Å²) in [4.78, 5) is 0. The van der Waals surface area contributed by atoms with Crippen LogP contribution >= 0.6 is 0 Å². The lowest BCUT2D eigenvalue weighted by Crippen LogP contribution is -2.43. The molecule has 0 amide bonds. The zero-order valence-corrected chi connectivity index (χ0v) is 15.4. The molecular formula is C19H26O2Si. The Hall–Kier alpha value is -1.74. The third-order valence-electron chi connectivity index (χ3n) is 4.44. The molecule has 0 bridgehead atoms. The van der Waals surface area contributed by atoms with Crippen molar-refractivity contribution in [3.63, 3.8) is 0 Å². The number of ether oxygens (including phenoxy) is 1. The molecule has 0 atom stereocenters. The second-order valence-corrected chi connectivity index (χ2v) is 11.8. The Morgan fingerprint density at radius 1 is 0.818 bits per heavy atom. The average Bonchev–Trinajstić information content (AvgIpc) is 2.46. The van der Waals surface area contributed by atoms with E-state index in [-0.39, 0.29) is 5.04 Å². The minimum atomic E-state index is -1.80. The Morgan fingerprint density at radius 3 is 2.00 bits per heavy atom. The van der Waals surface area contributed by atoms with Crippen LogP contribution in [-0.2, 0) is 0 Å². The maximum absolute atomic E-state index is 6.39. The second-order valence-electron chi connectivity index (χ2n) is 7.12. The molecule has 0 unspecified atom stereocenters. The predicted octanol–water partition coefficient (Wildman–Crippen LogP) is 5.75. The Labute approximate surface area is 135 Å². The lowest BCUT2D eigenvalue weighted by atomic mass is 10.1. The van der Waals surface area contributed by atoms with Crippen molar-refractivity contribution in [2.45, 2.75) is 38.9 Å². The number of hydrogen-bond acceptors (Lipinski definition) is 2. The van der Waals surface area contributed by atoms with Crippen LogP contribution in [0.5, 0.6) is 11.5 Å². The molecular weight excluding hydrogens is 288 g/mol. The van der Waals surface area contributed by atoms with Gasteiger partial charge in [-0.1, -0.05) is 45.0 Å². The van der Waals surface area contributed by atoms with Gasteiger partial charge in [-0.15, -0.1) is 0 Å². The number of hydrogen-bond donors (Lipinski definition) is 0. The molecule has 0 aliphatic heterocycles. The molecule has 0 spiro atoms. The minimum absolute atomic E-state index is 0.198. The van der Waals surface area contributed by atoms with E-state index in [4.69, 9.17) is 9.16 Å². The van der Waals surface area contributed by atoms with Crippen molar-refractivity contribution in [1.29, 1.82) is 0 Å². The molecule has 2 rings (SSSR count). The molecule has 2 aromatic carbocycles. The van der Waals surface area contributed by atoms with Crippen LogP contribution in [0.1, 0.15) is 20.8 Å². The van der Waals surface area contributed by atoms with Crippen molar-refractivity contribution in [2.24, 2.45) is 0 Å². The van der Waals surface area contributed by atoms with Gasteiger partial charge in [0.05, 0.1) is 7.11 Å². The molecule has 2 nitrogen and oxygen atoms in total. The lowest BCUT2D eigenvalue weighted by molar-refractivity contribution is 0.415. The van der Waals surface area contributed by atoms with E-state index < -0.39 is 8.32 Å². The highest BCUT2D eigenvalue weighted by atomic mass is 28.4. The Balaban J connectivity index is 2.26. The third-order valence-corrected chi connectivity index (χ3v) is 8.79. The van der Waals surface area contributed by atoms with Crippen molar-refractivity contribution >= 4 is 8.32 Å². The van der Waals surface area contributed by atoms with E-state index in [0.29, 0.717) is 0 Å². The van der Waals surface area contributed by atoms with E-state index >= 15 is 0 Å². The maximum atomic E-state index is 6.39. The first-order chi connectivity index (χ1) is 10.2. The summed E-state index contributed by atoms with van der Waals surface area (Å²) in [7, 11) is -0.121. The molecule has 2 aromatic rings. The van der Waals surface area contributed by atoms with Crippen LogP contribution in [0, 0.1) is 0 Å². The number of rotatable bonds is 4. The van der Waals surface area contributed by atoms with Crippen LogP contribution in [0.15, 0.2) is 48.5 Å². The zero-order chi connectivity index (χ0) is 16.4. The summed E-state index contributed by atoms with van der Waals surface area (Å²) in [5.74, 6) is 1.83. The van der Waals surface area contributed by atoms with Crippen molar-refractivity contribution < 1.29 is 9.16 Å². The summed E-state index contributed by atoms with van der Waals surface area (Å²) >= 11 is 0. The molecule has 0 fully saturated rings. The molecule has 0 heterocycles. The van der Waals surface area contributed by atoms with Gasteiger partial charge >= 0.3 is 0 Å². The first-order valence-corrected chi connectivity index (χ1v) is 10.6. The SMILES string of the molecule is COc1ccc(-c2cccc(O[Si](C)(C)C(C)(C)C)c2)cc1. The molecule has 0 aromatic heterocycles. The number of benzene rings is 2. The largest absolute Gasteiger partial charge is 0.543 e. The molecule has 0 radical (unpaired) electrons. The van der Waals surface area contributed by atoms with E-state index in [2.05, 4.69) is 64.2 Å². The standard InChI is InChI=1S/C19H26O2Si/c1-19(2,3)22(5,6)21-18-9-7-8-16(14-18)15-10-12-17(20-4)13-11-15/h7-14H,1-6H3. The quantitative estimate of drug-likeness (QED) is 0.669. The first kappa shape index (κ1) is 16.6. The summed E-state index contributed by atoms with van der Waals surface area (Å²) in [5, 5.41) is 0.198. The van der Waals surface area contributed by atoms with Gasteiger partial charge in [0, 0.05) is 0 Å². The zero-order valence-electron chi connectivity index (χ0n) is 14.4. The lowest BCUT2D eigenvalue weighted by Gasteiger charge is -2.36. The van der Waals surface area contributed by atoms with Gasteiger partial charge < -0.3 is 9.16 Å². The average molecular weight is 315 g/mol. The van der Waals surface area contributed by atoms with Crippen LogP contribution in [-0.4, -0.2) is 15.4 Å². The predicted molar refractivity (Wildman–Crippen MR) is 96.3 cm³/mol. The summed E-state index contributed by atoms with van der Waals surface area (Å²) in [6.45, 7) is 11.3. The van der Waals surface area contributed by atoms with Crippen LogP contribution in [0.3, 0.4) is 0 Å². The highest BCUT2D eigenvalue weighted by Crippen LogP contribution is 2.38. The van der Waals surface area contributed by atoms with Crippen molar-refractivity contribution in [3.05, 3.63) is 48.5 Å². The first-order valence-electron chi connectivity index (χ1n) is 7.66. The van der Waals surface area contributed by atoms with E-state index in [1.54, 1.807) is 7.11 Å². The topological polar surface area (TPSA) is 18.5 Å². The van der Waals surface area contributed by atoms with E-state index in [9.17, 15) is 0 Å². The smallest absolute Gasteiger partial charge is 0.250 e. The van der Waals surface area contributed by atoms with E-state index in [1.165, 1.54) is 11.1 Å². The van der Waals surface area contributed by atoms with Crippen LogP contribution < -0.4 is 9.16 Å². The fraction of sp³-hybridized carbons (Fsp3) is 0.368. The molecule has 0 saturated heterocycles. The highest BCUT2D eigenvalue weighted by Gasteiger charge is 2.38. The van der Waals surface area contributed by atoms with Crippen LogP contribution in [0.4, 0.5) is 0 Å². The molecule has 22 heavy (non-hydrogen) atoms. The van der Waals surface area contributed by atoms with Gasteiger partial charge in [0.25, 0.3) is 0 Å². The summed E-state index contributed by atoms with van der Waals surface area (Å²) < 4.78 is 11.6. The summed E-state index contributed by atoms with van der Waals surface area (Å²) in [6.07, 6.45) is 0. The van der Waals surface area contributed by atoms with Crippen LogP contribution in [0.25, 0.3) is 11.1 Å². The molecule has 3 heteroatoms.